The molecule has 0 fully saturated rings. The SMILES string of the molecule is NC(=O)CCNCc1cnn2ccccc12. The van der Waals surface area contributed by atoms with Crippen LogP contribution in [0.3, 0.4) is 0 Å². The first-order valence-electron chi connectivity index (χ1n) is 5.17. The molecule has 0 unspecified atom stereocenters. The van der Waals surface area contributed by atoms with Crippen LogP contribution in [0.15, 0.2) is 30.6 Å². The van der Waals surface area contributed by atoms with E-state index in [0.29, 0.717) is 19.5 Å². The summed E-state index contributed by atoms with van der Waals surface area (Å²) in [5, 5.41) is 7.37. The van der Waals surface area contributed by atoms with Crippen LogP contribution in [0.2, 0.25) is 0 Å². The first-order chi connectivity index (χ1) is 7.77. The number of rotatable bonds is 5. The third kappa shape index (κ3) is 2.38. The lowest BCUT2D eigenvalue weighted by atomic mass is 10.2. The number of nitrogens with zero attached hydrogens (tertiary/aromatic N) is 2. The van der Waals surface area contributed by atoms with Crippen LogP contribution in [-0.2, 0) is 11.3 Å². The molecule has 0 aliphatic rings. The second-order valence-corrected chi connectivity index (χ2v) is 3.59. The van der Waals surface area contributed by atoms with Crippen molar-refractivity contribution in [3.05, 3.63) is 36.2 Å². The second-order valence-electron chi connectivity index (χ2n) is 3.59. The third-order valence-electron chi connectivity index (χ3n) is 2.37. The number of amides is 1. The molecule has 0 bridgehead atoms. The van der Waals surface area contributed by atoms with Crippen molar-refractivity contribution in [3.63, 3.8) is 0 Å². The van der Waals surface area contributed by atoms with E-state index < -0.39 is 0 Å². The predicted octanol–water partition coefficient (Wildman–Crippen LogP) is 0.299. The molecule has 3 N–H and O–H groups in total. The minimum absolute atomic E-state index is 0.285. The molecule has 0 spiro atoms. The van der Waals surface area contributed by atoms with Crippen LogP contribution in [0, 0.1) is 0 Å². The van der Waals surface area contributed by atoms with E-state index >= 15 is 0 Å². The van der Waals surface area contributed by atoms with Gasteiger partial charge in [0.15, 0.2) is 0 Å². The van der Waals surface area contributed by atoms with E-state index in [1.54, 1.807) is 0 Å². The Morgan fingerprint density at radius 3 is 3.19 bits per heavy atom. The summed E-state index contributed by atoms with van der Waals surface area (Å²) in [6.45, 7) is 1.29. The van der Waals surface area contributed by atoms with E-state index in [9.17, 15) is 4.79 Å². The van der Waals surface area contributed by atoms with Crippen molar-refractivity contribution in [1.82, 2.24) is 14.9 Å². The monoisotopic (exact) mass is 218 g/mol. The van der Waals surface area contributed by atoms with Gasteiger partial charge < -0.3 is 11.1 Å². The Labute approximate surface area is 93.2 Å². The van der Waals surface area contributed by atoms with Gasteiger partial charge >= 0.3 is 0 Å². The first kappa shape index (κ1) is 10.6. The zero-order chi connectivity index (χ0) is 11.4. The van der Waals surface area contributed by atoms with Crippen LogP contribution in [0.25, 0.3) is 5.52 Å². The Hall–Kier alpha value is -1.88. The zero-order valence-electron chi connectivity index (χ0n) is 8.89. The molecule has 0 saturated carbocycles. The molecule has 2 rings (SSSR count). The summed E-state index contributed by atoms with van der Waals surface area (Å²) in [6, 6.07) is 5.92. The number of carbonyl (C=O) groups is 1. The van der Waals surface area contributed by atoms with E-state index in [4.69, 9.17) is 5.73 Å². The highest BCUT2D eigenvalue weighted by atomic mass is 16.1. The van der Waals surface area contributed by atoms with Gasteiger partial charge in [0.05, 0.1) is 11.7 Å². The van der Waals surface area contributed by atoms with Crippen LogP contribution < -0.4 is 11.1 Å². The number of carbonyl (C=O) groups excluding carboxylic acids is 1. The molecule has 2 aromatic heterocycles. The molecule has 2 aromatic rings. The smallest absolute Gasteiger partial charge is 0.218 e. The van der Waals surface area contributed by atoms with Crippen LogP contribution >= 0.6 is 0 Å². The lowest BCUT2D eigenvalue weighted by molar-refractivity contribution is -0.117. The highest BCUT2D eigenvalue weighted by molar-refractivity contribution is 5.73. The van der Waals surface area contributed by atoms with Gasteiger partial charge in [0.1, 0.15) is 0 Å². The maximum atomic E-state index is 10.5. The van der Waals surface area contributed by atoms with Crippen LogP contribution in [-0.4, -0.2) is 22.1 Å². The molecule has 2 heterocycles. The summed E-state index contributed by atoms with van der Waals surface area (Å²) in [4.78, 5) is 10.5. The standard InChI is InChI=1S/C11H14N4O/c12-11(16)4-5-13-7-9-8-14-15-6-2-1-3-10(9)15/h1-3,6,8,13H,4-5,7H2,(H2,12,16). The zero-order valence-corrected chi connectivity index (χ0v) is 8.89. The molecule has 0 radical (unpaired) electrons. The fraction of sp³-hybridized carbons (Fsp3) is 0.273. The molecule has 5 nitrogen and oxygen atoms in total. The van der Waals surface area contributed by atoms with Crippen LogP contribution in [0.1, 0.15) is 12.0 Å². The van der Waals surface area contributed by atoms with Gasteiger partial charge in [-0.2, -0.15) is 5.10 Å². The normalized spacial score (nSPS) is 10.8. The maximum absolute atomic E-state index is 10.5. The van der Waals surface area contributed by atoms with Crippen LogP contribution in [0.4, 0.5) is 0 Å². The summed E-state index contributed by atoms with van der Waals surface area (Å²) in [7, 11) is 0. The highest BCUT2D eigenvalue weighted by Gasteiger charge is 2.02. The summed E-state index contributed by atoms with van der Waals surface area (Å²) >= 11 is 0. The number of nitrogens with one attached hydrogen (secondary N) is 1. The predicted molar refractivity (Wildman–Crippen MR) is 60.7 cm³/mol. The Morgan fingerprint density at radius 2 is 2.38 bits per heavy atom. The fourth-order valence-corrected chi connectivity index (χ4v) is 1.56. The largest absolute Gasteiger partial charge is 0.370 e. The number of hydrogen-bond donors (Lipinski definition) is 2. The molecule has 0 aliphatic carbocycles. The van der Waals surface area contributed by atoms with Gasteiger partial charge in [-0.25, -0.2) is 4.52 Å². The Balaban J connectivity index is 1.97. The molecule has 1 amide bonds. The molecule has 16 heavy (non-hydrogen) atoms. The fourth-order valence-electron chi connectivity index (χ4n) is 1.56. The van der Waals surface area contributed by atoms with Gasteiger partial charge in [0.25, 0.3) is 0 Å². The highest BCUT2D eigenvalue weighted by Crippen LogP contribution is 2.08. The summed E-state index contributed by atoms with van der Waals surface area (Å²) in [5.74, 6) is -0.285. The lowest BCUT2D eigenvalue weighted by Crippen LogP contribution is -2.21. The number of hydrogen-bond acceptors (Lipinski definition) is 3. The molecule has 0 atom stereocenters. The van der Waals surface area contributed by atoms with E-state index in [1.165, 1.54) is 0 Å². The molecule has 0 aliphatic heterocycles. The van der Waals surface area contributed by atoms with Crippen molar-refractivity contribution in [2.24, 2.45) is 5.73 Å². The first-order valence-corrected chi connectivity index (χ1v) is 5.17. The van der Waals surface area contributed by atoms with E-state index in [2.05, 4.69) is 10.4 Å². The average Bonchev–Trinajstić information content (AvgIpc) is 2.68. The van der Waals surface area contributed by atoms with Crippen molar-refractivity contribution < 1.29 is 4.79 Å². The summed E-state index contributed by atoms with van der Waals surface area (Å²) in [5.41, 5.74) is 7.24. The topological polar surface area (TPSA) is 72.4 Å². The molecular formula is C11H14N4O. The molecule has 5 heteroatoms. The Morgan fingerprint density at radius 1 is 1.50 bits per heavy atom. The number of nitrogens with two attached hydrogens (primary N) is 1. The maximum Gasteiger partial charge on any atom is 0.218 e. The number of primary amides is 1. The van der Waals surface area contributed by atoms with E-state index in [0.717, 1.165) is 11.1 Å². The summed E-state index contributed by atoms with van der Waals surface area (Å²) in [6.07, 6.45) is 4.09. The minimum atomic E-state index is -0.285. The Kier molecular flexibility index (Phi) is 3.16. The lowest BCUT2D eigenvalue weighted by Gasteiger charge is -2.01. The van der Waals surface area contributed by atoms with Crippen molar-refractivity contribution in [2.75, 3.05) is 6.54 Å². The van der Waals surface area contributed by atoms with Gasteiger partial charge in [0, 0.05) is 31.3 Å². The summed E-state index contributed by atoms with van der Waals surface area (Å²) < 4.78 is 1.82. The van der Waals surface area contributed by atoms with Gasteiger partial charge in [-0.1, -0.05) is 6.07 Å². The van der Waals surface area contributed by atoms with E-state index in [1.807, 2.05) is 35.1 Å². The van der Waals surface area contributed by atoms with Gasteiger partial charge in [0.2, 0.25) is 5.91 Å². The van der Waals surface area contributed by atoms with Crippen molar-refractivity contribution in [3.8, 4) is 0 Å². The van der Waals surface area contributed by atoms with Crippen molar-refractivity contribution >= 4 is 11.4 Å². The van der Waals surface area contributed by atoms with Gasteiger partial charge in [-0.15, -0.1) is 0 Å². The number of fused-ring (bicyclic) bond motifs is 1. The average molecular weight is 218 g/mol. The van der Waals surface area contributed by atoms with E-state index in [-0.39, 0.29) is 5.91 Å². The number of aromatic nitrogens is 2. The molecule has 84 valence electrons. The van der Waals surface area contributed by atoms with Crippen LogP contribution in [0.5, 0.6) is 0 Å². The molecular weight excluding hydrogens is 204 g/mol. The van der Waals surface area contributed by atoms with Crippen molar-refractivity contribution in [2.45, 2.75) is 13.0 Å². The molecule has 0 aromatic carbocycles. The third-order valence-corrected chi connectivity index (χ3v) is 2.37. The Bertz CT molecular complexity index is 491. The minimum Gasteiger partial charge on any atom is -0.370 e. The van der Waals surface area contributed by atoms with Gasteiger partial charge in [-0.3, -0.25) is 4.79 Å². The second kappa shape index (κ2) is 4.76. The van der Waals surface area contributed by atoms with Gasteiger partial charge in [-0.05, 0) is 12.1 Å². The number of pyridine rings is 1. The molecule has 0 saturated heterocycles. The quantitative estimate of drug-likeness (QED) is 0.709. The van der Waals surface area contributed by atoms with Crippen molar-refractivity contribution in [1.29, 1.82) is 0 Å².